The Bertz CT molecular complexity index is 1090. The van der Waals surface area contributed by atoms with E-state index in [1.165, 1.54) is 39.5 Å². The molecule has 0 radical (unpaired) electrons. The van der Waals surface area contributed by atoms with Crippen LogP contribution in [0.1, 0.15) is 15.9 Å². The Kier molecular flexibility index (Phi) is 6.09. The number of carbonyl (C=O) groups excluding carboxylic acids is 2. The maximum Gasteiger partial charge on any atom is 0.340 e. The highest BCUT2D eigenvalue weighted by molar-refractivity contribution is 6.07. The number of para-hydroxylation sites is 1. The van der Waals surface area contributed by atoms with Crippen molar-refractivity contribution in [2.75, 3.05) is 26.6 Å². The zero-order valence-electron chi connectivity index (χ0n) is 16.3. The summed E-state index contributed by atoms with van der Waals surface area (Å²) in [5.41, 5.74) is 2.00. The van der Waals surface area contributed by atoms with E-state index >= 15 is 0 Å². The minimum absolute atomic E-state index is 0.152. The lowest BCUT2D eigenvalue weighted by Crippen LogP contribution is -2.13. The van der Waals surface area contributed by atoms with Gasteiger partial charge >= 0.3 is 5.97 Å². The fraction of sp³-hybridized carbons (Fsp3) is 0.136. The molecule has 0 aliphatic carbocycles. The monoisotopic (exact) mass is 392 g/mol. The van der Waals surface area contributed by atoms with E-state index in [-0.39, 0.29) is 11.3 Å². The molecule has 0 saturated heterocycles. The van der Waals surface area contributed by atoms with Gasteiger partial charge in [0, 0.05) is 35.4 Å². The number of pyridine rings is 1. The highest BCUT2D eigenvalue weighted by atomic mass is 16.5. The van der Waals surface area contributed by atoms with Crippen molar-refractivity contribution in [2.24, 2.45) is 0 Å². The van der Waals surface area contributed by atoms with Crippen LogP contribution in [-0.2, 0) is 9.53 Å². The SMILES string of the molecule is COC(=O)c1cc(OC)c(OC)cc1NC(=O)C=Cc1cccc2cccnc12. The molecule has 2 aromatic carbocycles. The first-order valence-electron chi connectivity index (χ1n) is 8.74. The number of nitrogens with one attached hydrogen (secondary N) is 1. The van der Waals surface area contributed by atoms with Crippen molar-refractivity contribution in [3.8, 4) is 11.5 Å². The van der Waals surface area contributed by atoms with Crippen molar-refractivity contribution in [2.45, 2.75) is 0 Å². The second-order valence-electron chi connectivity index (χ2n) is 5.99. The van der Waals surface area contributed by atoms with Crippen LogP contribution in [0.4, 0.5) is 5.69 Å². The minimum atomic E-state index is -0.608. The number of esters is 1. The molecular weight excluding hydrogens is 372 g/mol. The molecule has 0 saturated carbocycles. The van der Waals surface area contributed by atoms with Gasteiger partial charge in [-0.3, -0.25) is 9.78 Å². The summed E-state index contributed by atoms with van der Waals surface area (Å²) < 4.78 is 15.3. The summed E-state index contributed by atoms with van der Waals surface area (Å²) in [7, 11) is 4.19. The smallest absolute Gasteiger partial charge is 0.340 e. The number of hydrogen-bond donors (Lipinski definition) is 1. The van der Waals surface area contributed by atoms with Gasteiger partial charge in [0.25, 0.3) is 0 Å². The lowest BCUT2D eigenvalue weighted by atomic mass is 10.1. The molecule has 0 atom stereocenters. The first kappa shape index (κ1) is 19.9. The lowest BCUT2D eigenvalue weighted by Gasteiger charge is -2.14. The number of amides is 1. The van der Waals surface area contributed by atoms with Crippen molar-refractivity contribution < 1.29 is 23.8 Å². The van der Waals surface area contributed by atoms with Crippen molar-refractivity contribution in [3.05, 3.63) is 65.9 Å². The molecule has 3 rings (SSSR count). The molecule has 1 aromatic heterocycles. The van der Waals surface area contributed by atoms with Crippen LogP contribution in [0.25, 0.3) is 17.0 Å². The lowest BCUT2D eigenvalue weighted by molar-refractivity contribution is -0.111. The molecule has 0 fully saturated rings. The van der Waals surface area contributed by atoms with Crippen LogP contribution in [0.5, 0.6) is 11.5 Å². The third-order valence-corrected chi connectivity index (χ3v) is 4.27. The van der Waals surface area contributed by atoms with E-state index in [2.05, 4.69) is 10.3 Å². The number of ether oxygens (including phenoxy) is 3. The van der Waals surface area contributed by atoms with E-state index in [0.717, 1.165) is 16.5 Å². The molecule has 0 aliphatic rings. The van der Waals surface area contributed by atoms with Gasteiger partial charge in [-0.1, -0.05) is 24.3 Å². The fourth-order valence-corrected chi connectivity index (χ4v) is 2.86. The Balaban J connectivity index is 1.89. The Morgan fingerprint density at radius 1 is 1.00 bits per heavy atom. The van der Waals surface area contributed by atoms with Gasteiger partial charge in [-0.2, -0.15) is 0 Å². The Labute approximate surface area is 167 Å². The first-order valence-corrected chi connectivity index (χ1v) is 8.74. The zero-order valence-corrected chi connectivity index (χ0v) is 16.3. The summed E-state index contributed by atoms with van der Waals surface area (Å²) >= 11 is 0. The maximum absolute atomic E-state index is 12.5. The Morgan fingerprint density at radius 2 is 1.72 bits per heavy atom. The fourth-order valence-electron chi connectivity index (χ4n) is 2.86. The quantitative estimate of drug-likeness (QED) is 0.509. The molecule has 29 heavy (non-hydrogen) atoms. The van der Waals surface area contributed by atoms with Crippen LogP contribution in [0.2, 0.25) is 0 Å². The van der Waals surface area contributed by atoms with Crippen molar-refractivity contribution >= 4 is 34.5 Å². The van der Waals surface area contributed by atoms with Gasteiger partial charge in [-0.25, -0.2) is 4.79 Å². The molecule has 3 aromatic rings. The second kappa shape index (κ2) is 8.88. The predicted octanol–water partition coefficient (Wildman–Crippen LogP) is 3.69. The normalized spacial score (nSPS) is 10.7. The highest BCUT2D eigenvalue weighted by Gasteiger charge is 2.18. The van der Waals surface area contributed by atoms with Crippen molar-refractivity contribution in [1.82, 2.24) is 4.98 Å². The van der Waals surface area contributed by atoms with Crippen LogP contribution in [-0.4, -0.2) is 38.2 Å². The molecule has 0 aliphatic heterocycles. The van der Waals surface area contributed by atoms with Gasteiger partial charge in [-0.05, 0) is 12.1 Å². The number of benzene rings is 2. The van der Waals surface area contributed by atoms with E-state index in [9.17, 15) is 9.59 Å². The number of nitrogens with zero attached hydrogens (tertiary/aromatic N) is 1. The topological polar surface area (TPSA) is 86.8 Å². The van der Waals surface area contributed by atoms with Crippen molar-refractivity contribution in [3.63, 3.8) is 0 Å². The summed E-state index contributed by atoms with van der Waals surface area (Å²) in [6, 6.07) is 12.5. The maximum atomic E-state index is 12.5. The number of anilines is 1. The van der Waals surface area contributed by atoms with E-state index in [1.54, 1.807) is 12.3 Å². The van der Waals surface area contributed by atoms with Gasteiger partial charge in [-0.15, -0.1) is 0 Å². The van der Waals surface area contributed by atoms with Crippen molar-refractivity contribution in [1.29, 1.82) is 0 Å². The number of methoxy groups -OCH3 is 3. The molecule has 7 heteroatoms. The van der Waals surface area contributed by atoms with Crippen LogP contribution in [0, 0.1) is 0 Å². The predicted molar refractivity (Wildman–Crippen MR) is 110 cm³/mol. The molecule has 1 N–H and O–H groups in total. The van der Waals surface area contributed by atoms with E-state index in [4.69, 9.17) is 14.2 Å². The molecule has 0 spiro atoms. The van der Waals surface area contributed by atoms with E-state index in [1.807, 2.05) is 30.3 Å². The largest absolute Gasteiger partial charge is 0.493 e. The van der Waals surface area contributed by atoms with Crippen LogP contribution < -0.4 is 14.8 Å². The van der Waals surface area contributed by atoms with Gasteiger partial charge in [0.15, 0.2) is 11.5 Å². The van der Waals surface area contributed by atoms with Gasteiger partial charge in [0.2, 0.25) is 5.91 Å². The number of rotatable bonds is 6. The first-order chi connectivity index (χ1) is 14.1. The molecular formula is C22H20N2O5. The summed E-state index contributed by atoms with van der Waals surface area (Å²) in [4.78, 5) is 29.0. The molecule has 148 valence electrons. The van der Waals surface area contributed by atoms with Gasteiger partial charge in [0.1, 0.15) is 0 Å². The number of fused-ring (bicyclic) bond motifs is 1. The third-order valence-electron chi connectivity index (χ3n) is 4.27. The Morgan fingerprint density at radius 3 is 2.45 bits per heavy atom. The molecule has 7 nitrogen and oxygen atoms in total. The average molecular weight is 392 g/mol. The average Bonchev–Trinajstić information content (AvgIpc) is 2.76. The third kappa shape index (κ3) is 4.35. The van der Waals surface area contributed by atoms with Gasteiger partial charge in [0.05, 0.1) is 38.1 Å². The molecule has 0 unspecified atom stereocenters. The number of hydrogen-bond acceptors (Lipinski definition) is 6. The number of aromatic nitrogens is 1. The summed E-state index contributed by atoms with van der Waals surface area (Å²) in [6.07, 6.45) is 4.75. The van der Waals surface area contributed by atoms with E-state index in [0.29, 0.717) is 11.5 Å². The summed E-state index contributed by atoms with van der Waals surface area (Å²) in [6.45, 7) is 0. The zero-order chi connectivity index (χ0) is 20.8. The van der Waals surface area contributed by atoms with E-state index < -0.39 is 11.9 Å². The number of carbonyl (C=O) groups is 2. The standard InChI is InChI=1S/C22H20N2O5/c1-27-18-12-16(22(26)29-3)17(13-19(18)28-2)24-20(25)10-9-15-7-4-6-14-8-5-11-23-21(14)15/h4-13H,1-3H3,(H,24,25). The summed E-state index contributed by atoms with van der Waals surface area (Å²) in [5.74, 6) is -0.306. The summed E-state index contributed by atoms with van der Waals surface area (Å²) in [5, 5.41) is 3.66. The van der Waals surface area contributed by atoms with Crippen LogP contribution in [0.3, 0.4) is 0 Å². The van der Waals surface area contributed by atoms with Crippen LogP contribution in [0.15, 0.2) is 54.7 Å². The molecule has 0 bridgehead atoms. The van der Waals surface area contributed by atoms with Crippen LogP contribution >= 0.6 is 0 Å². The van der Waals surface area contributed by atoms with Gasteiger partial charge < -0.3 is 19.5 Å². The minimum Gasteiger partial charge on any atom is -0.493 e. The second-order valence-corrected chi connectivity index (χ2v) is 5.99. The Hall–Kier alpha value is -3.87. The highest BCUT2D eigenvalue weighted by Crippen LogP contribution is 2.33. The molecule has 1 amide bonds. The molecule has 1 heterocycles.